The Morgan fingerprint density at radius 2 is 1.97 bits per heavy atom. The number of amides is 2. The van der Waals surface area contributed by atoms with Crippen molar-refractivity contribution >= 4 is 23.4 Å². The SMILES string of the molecule is CC(C)NC(=O)CN(C)CC(=O)N(Cc1nnc(-c2ccccc2Cl)o1)C1CC1. The molecular weight excluding hydrogens is 394 g/mol. The molecule has 156 valence electrons. The Hall–Kier alpha value is -2.45. The molecule has 1 fully saturated rings. The fourth-order valence-electron chi connectivity index (χ4n) is 3.00. The lowest BCUT2D eigenvalue weighted by Gasteiger charge is -2.24. The molecule has 0 atom stereocenters. The van der Waals surface area contributed by atoms with Gasteiger partial charge in [0.05, 0.1) is 30.2 Å². The Bertz CT molecular complexity index is 865. The van der Waals surface area contributed by atoms with E-state index in [1.807, 2.05) is 26.0 Å². The van der Waals surface area contributed by atoms with Gasteiger partial charge in [0.15, 0.2) is 0 Å². The molecule has 2 amide bonds. The van der Waals surface area contributed by atoms with E-state index in [0.29, 0.717) is 22.4 Å². The van der Waals surface area contributed by atoms with Crippen molar-refractivity contribution in [2.24, 2.45) is 0 Å². The zero-order chi connectivity index (χ0) is 21.0. The Morgan fingerprint density at radius 1 is 1.24 bits per heavy atom. The summed E-state index contributed by atoms with van der Waals surface area (Å²) >= 11 is 6.18. The number of carbonyl (C=O) groups excluding carboxylic acids is 2. The van der Waals surface area contributed by atoms with E-state index in [4.69, 9.17) is 16.0 Å². The van der Waals surface area contributed by atoms with Crippen LogP contribution in [0.25, 0.3) is 11.5 Å². The van der Waals surface area contributed by atoms with Crippen molar-refractivity contribution in [1.82, 2.24) is 25.3 Å². The number of hydrogen-bond donors (Lipinski definition) is 1. The lowest BCUT2D eigenvalue weighted by molar-refractivity contribution is -0.134. The molecule has 9 heteroatoms. The molecule has 1 aromatic carbocycles. The monoisotopic (exact) mass is 419 g/mol. The molecule has 2 aromatic rings. The third-order valence-corrected chi connectivity index (χ3v) is 4.78. The van der Waals surface area contributed by atoms with Crippen molar-refractivity contribution in [3.05, 3.63) is 35.2 Å². The normalized spacial score (nSPS) is 13.7. The summed E-state index contributed by atoms with van der Waals surface area (Å²) in [6, 6.07) is 7.48. The van der Waals surface area contributed by atoms with Gasteiger partial charge in [0.2, 0.25) is 23.6 Å². The van der Waals surface area contributed by atoms with E-state index < -0.39 is 0 Å². The summed E-state index contributed by atoms with van der Waals surface area (Å²) in [5.41, 5.74) is 0.660. The molecule has 1 aliphatic rings. The first-order valence-electron chi connectivity index (χ1n) is 9.68. The van der Waals surface area contributed by atoms with Gasteiger partial charge in [-0.15, -0.1) is 10.2 Å². The number of aromatic nitrogens is 2. The first-order chi connectivity index (χ1) is 13.8. The molecule has 3 rings (SSSR count). The van der Waals surface area contributed by atoms with Crippen molar-refractivity contribution in [2.75, 3.05) is 20.1 Å². The molecule has 29 heavy (non-hydrogen) atoms. The molecule has 0 unspecified atom stereocenters. The third kappa shape index (κ3) is 6.01. The quantitative estimate of drug-likeness (QED) is 0.670. The van der Waals surface area contributed by atoms with Gasteiger partial charge < -0.3 is 14.6 Å². The Kier molecular flexibility index (Phi) is 6.87. The predicted octanol–water partition coefficient (Wildman–Crippen LogP) is 2.34. The molecule has 1 saturated carbocycles. The highest BCUT2D eigenvalue weighted by Gasteiger charge is 2.34. The number of benzene rings is 1. The highest BCUT2D eigenvalue weighted by Crippen LogP contribution is 2.30. The number of rotatable bonds is 9. The van der Waals surface area contributed by atoms with Crippen LogP contribution in [-0.4, -0.2) is 64.0 Å². The van der Waals surface area contributed by atoms with Crippen LogP contribution in [0.15, 0.2) is 28.7 Å². The van der Waals surface area contributed by atoms with Gasteiger partial charge in [0.1, 0.15) is 0 Å². The molecular formula is C20H26ClN5O3. The summed E-state index contributed by atoms with van der Waals surface area (Å²) in [6.07, 6.45) is 1.91. The minimum absolute atomic E-state index is 0.0650. The summed E-state index contributed by atoms with van der Waals surface area (Å²) in [5.74, 6) is 0.524. The summed E-state index contributed by atoms with van der Waals surface area (Å²) in [7, 11) is 1.76. The number of likely N-dealkylation sites (N-methyl/N-ethyl adjacent to an activating group) is 1. The van der Waals surface area contributed by atoms with Gasteiger partial charge in [-0.1, -0.05) is 23.7 Å². The molecule has 1 aliphatic carbocycles. The average molecular weight is 420 g/mol. The van der Waals surface area contributed by atoms with Crippen LogP contribution in [0.4, 0.5) is 0 Å². The van der Waals surface area contributed by atoms with Crippen LogP contribution < -0.4 is 5.32 Å². The molecule has 0 spiro atoms. The molecule has 0 aliphatic heterocycles. The summed E-state index contributed by atoms with van der Waals surface area (Å²) in [5, 5.41) is 11.5. The number of carbonyl (C=O) groups is 2. The third-order valence-electron chi connectivity index (χ3n) is 4.45. The van der Waals surface area contributed by atoms with E-state index in [2.05, 4.69) is 15.5 Å². The van der Waals surface area contributed by atoms with Gasteiger partial charge >= 0.3 is 0 Å². The highest BCUT2D eigenvalue weighted by molar-refractivity contribution is 6.33. The van der Waals surface area contributed by atoms with Crippen molar-refractivity contribution < 1.29 is 14.0 Å². The number of nitrogens with zero attached hydrogens (tertiary/aromatic N) is 4. The lowest BCUT2D eigenvalue weighted by Crippen LogP contribution is -2.44. The lowest BCUT2D eigenvalue weighted by atomic mass is 10.2. The zero-order valence-corrected chi connectivity index (χ0v) is 17.6. The molecule has 0 saturated heterocycles. The minimum Gasteiger partial charge on any atom is -0.419 e. The van der Waals surface area contributed by atoms with Crippen molar-refractivity contribution in [3.8, 4) is 11.5 Å². The molecule has 0 bridgehead atoms. The van der Waals surface area contributed by atoms with Crippen molar-refractivity contribution in [2.45, 2.75) is 45.3 Å². The maximum atomic E-state index is 12.8. The molecule has 1 heterocycles. The second-order valence-corrected chi connectivity index (χ2v) is 8.04. The van der Waals surface area contributed by atoms with E-state index in [0.717, 1.165) is 12.8 Å². The van der Waals surface area contributed by atoms with Crippen LogP contribution in [0.3, 0.4) is 0 Å². The first-order valence-corrected chi connectivity index (χ1v) is 10.1. The zero-order valence-electron chi connectivity index (χ0n) is 16.9. The van der Waals surface area contributed by atoms with E-state index in [1.54, 1.807) is 29.0 Å². The van der Waals surface area contributed by atoms with Crippen LogP contribution in [0, 0.1) is 0 Å². The van der Waals surface area contributed by atoms with Gasteiger partial charge in [0.25, 0.3) is 0 Å². The fraction of sp³-hybridized carbons (Fsp3) is 0.500. The maximum absolute atomic E-state index is 12.8. The number of hydrogen-bond acceptors (Lipinski definition) is 6. The van der Waals surface area contributed by atoms with Crippen LogP contribution in [0.5, 0.6) is 0 Å². The average Bonchev–Trinajstić information content (AvgIpc) is 3.37. The van der Waals surface area contributed by atoms with Gasteiger partial charge in [-0.25, -0.2) is 0 Å². The number of nitrogens with one attached hydrogen (secondary N) is 1. The Morgan fingerprint density at radius 3 is 2.62 bits per heavy atom. The molecule has 1 aromatic heterocycles. The predicted molar refractivity (Wildman–Crippen MR) is 109 cm³/mol. The van der Waals surface area contributed by atoms with E-state index in [1.165, 1.54) is 0 Å². The Balaban J connectivity index is 1.61. The largest absolute Gasteiger partial charge is 0.419 e. The molecule has 8 nitrogen and oxygen atoms in total. The summed E-state index contributed by atoms with van der Waals surface area (Å²) in [4.78, 5) is 28.2. The van der Waals surface area contributed by atoms with Crippen molar-refractivity contribution in [1.29, 1.82) is 0 Å². The second kappa shape index (κ2) is 9.37. The van der Waals surface area contributed by atoms with E-state index in [-0.39, 0.29) is 43.5 Å². The topological polar surface area (TPSA) is 91.6 Å². The van der Waals surface area contributed by atoms with E-state index in [9.17, 15) is 9.59 Å². The van der Waals surface area contributed by atoms with Gasteiger partial charge in [0, 0.05) is 12.1 Å². The van der Waals surface area contributed by atoms with Crippen LogP contribution >= 0.6 is 11.6 Å². The minimum atomic E-state index is -0.102. The van der Waals surface area contributed by atoms with Crippen LogP contribution in [-0.2, 0) is 16.1 Å². The summed E-state index contributed by atoms with van der Waals surface area (Å²) < 4.78 is 5.74. The van der Waals surface area contributed by atoms with Crippen LogP contribution in [0.2, 0.25) is 5.02 Å². The molecule has 1 N–H and O–H groups in total. The van der Waals surface area contributed by atoms with Crippen LogP contribution in [0.1, 0.15) is 32.6 Å². The first kappa shape index (κ1) is 21.3. The molecule has 0 radical (unpaired) electrons. The standard InChI is InChI=1S/C20H26ClN5O3/c1-13(2)22-17(27)10-25(3)12-19(28)26(14-8-9-14)11-18-23-24-20(29-18)15-6-4-5-7-16(15)21/h4-7,13-14H,8-12H2,1-3H3,(H,22,27). The van der Waals surface area contributed by atoms with Gasteiger partial charge in [-0.05, 0) is 45.9 Å². The smallest absolute Gasteiger partial charge is 0.249 e. The maximum Gasteiger partial charge on any atom is 0.249 e. The fourth-order valence-corrected chi connectivity index (χ4v) is 3.22. The second-order valence-electron chi connectivity index (χ2n) is 7.63. The number of halogens is 1. The van der Waals surface area contributed by atoms with E-state index >= 15 is 0 Å². The van der Waals surface area contributed by atoms with Crippen molar-refractivity contribution in [3.63, 3.8) is 0 Å². The van der Waals surface area contributed by atoms with Gasteiger partial charge in [-0.2, -0.15) is 0 Å². The van der Waals surface area contributed by atoms with Gasteiger partial charge in [-0.3, -0.25) is 14.5 Å². The summed E-state index contributed by atoms with van der Waals surface area (Å²) in [6.45, 7) is 4.36. The Labute approximate surface area is 175 Å². The highest BCUT2D eigenvalue weighted by atomic mass is 35.5.